The number of para-hydroxylation sites is 1. The molecule has 0 bridgehead atoms. The molecule has 0 heterocycles. The van der Waals surface area contributed by atoms with E-state index in [-0.39, 0.29) is 23.4 Å². The van der Waals surface area contributed by atoms with Crippen LogP contribution >= 0.6 is 34.8 Å². The van der Waals surface area contributed by atoms with Crippen molar-refractivity contribution in [3.63, 3.8) is 0 Å². The molecule has 0 fully saturated rings. The van der Waals surface area contributed by atoms with Gasteiger partial charge in [-0.25, -0.2) is 8.42 Å². The molecule has 3 aromatic rings. The van der Waals surface area contributed by atoms with Gasteiger partial charge in [-0.3, -0.25) is 13.9 Å². The molecule has 40 heavy (non-hydrogen) atoms. The number of carbonyl (C=O) groups is 2. The summed E-state index contributed by atoms with van der Waals surface area (Å²) >= 11 is 18.5. The van der Waals surface area contributed by atoms with E-state index < -0.39 is 28.5 Å². The van der Waals surface area contributed by atoms with Crippen molar-refractivity contribution in [2.24, 2.45) is 0 Å². The zero-order valence-corrected chi connectivity index (χ0v) is 25.8. The van der Waals surface area contributed by atoms with Crippen LogP contribution in [0.15, 0.2) is 71.6 Å². The smallest absolute Gasteiger partial charge is 0.264 e. The van der Waals surface area contributed by atoms with Gasteiger partial charge in [-0.05, 0) is 80.8 Å². The predicted octanol–water partition coefficient (Wildman–Crippen LogP) is 6.48. The Hall–Kier alpha value is -2.78. The minimum atomic E-state index is -4.19. The third-order valence-corrected chi connectivity index (χ3v) is 9.20. The maximum absolute atomic E-state index is 14.0. The fourth-order valence-corrected chi connectivity index (χ4v) is 6.04. The number of sulfonamides is 1. The van der Waals surface area contributed by atoms with Gasteiger partial charge in [0, 0.05) is 27.7 Å². The highest BCUT2D eigenvalue weighted by molar-refractivity contribution is 7.92. The van der Waals surface area contributed by atoms with Gasteiger partial charge in [-0.15, -0.1) is 0 Å². The fraction of sp³-hybridized carbons (Fsp3) is 0.310. The van der Waals surface area contributed by atoms with Crippen molar-refractivity contribution in [3.8, 4) is 0 Å². The molecule has 214 valence electrons. The number of aryl methyl sites for hydroxylation is 1. The Morgan fingerprint density at radius 1 is 0.925 bits per heavy atom. The first-order chi connectivity index (χ1) is 18.8. The van der Waals surface area contributed by atoms with Crippen molar-refractivity contribution >= 4 is 62.3 Å². The molecule has 2 atom stereocenters. The Morgan fingerprint density at radius 2 is 1.55 bits per heavy atom. The largest absolute Gasteiger partial charge is 0.352 e. The molecule has 0 aliphatic rings. The lowest BCUT2D eigenvalue weighted by atomic mass is 10.1. The Bertz CT molecular complexity index is 1470. The Morgan fingerprint density at radius 3 is 2.15 bits per heavy atom. The fourth-order valence-electron chi connectivity index (χ4n) is 3.97. The van der Waals surface area contributed by atoms with Gasteiger partial charge in [0.25, 0.3) is 10.0 Å². The van der Waals surface area contributed by atoms with E-state index in [2.05, 4.69) is 5.32 Å². The minimum absolute atomic E-state index is 0.0252. The van der Waals surface area contributed by atoms with Crippen molar-refractivity contribution in [1.29, 1.82) is 0 Å². The molecule has 0 saturated carbocycles. The number of hydrogen-bond acceptors (Lipinski definition) is 4. The van der Waals surface area contributed by atoms with Gasteiger partial charge < -0.3 is 10.2 Å². The number of rotatable bonds is 11. The number of nitrogens with one attached hydrogen (secondary N) is 1. The zero-order valence-electron chi connectivity index (χ0n) is 22.7. The molecule has 1 N–H and O–H groups in total. The lowest BCUT2D eigenvalue weighted by Crippen LogP contribution is -2.52. The number of hydrogen-bond donors (Lipinski definition) is 1. The van der Waals surface area contributed by atoms with E-state index in [1.807, 2.05) is 13.8 Å². The van der Waals surface area contributed by atoms with E-state index in [9.17, 15) is 18.0 Å². The molecular weight excluding hydrogens is 593 g/mol. The van der Waals surface area contributed by atoms with Gasteiger partial charge in [0.15, 0.2) is 0 Å². The first-order valence-electron chi connectivity index (χ1n) is 12.7. The zero-order chi connectivity index (χ0) is 29.6. The number of benzene rings is 3. The molecule has 3 aromatic carbocycles. The highest BCUT2D eigenvalue weighted by Crippen LogP contribution is 2.29. The number of carbonyl (C=O) groups excluding carboxylic acids is 2. The van der Waals surface area contributed by atoms with Gasteiger partial charge in [-0.2, -0.15) is 0 Å². The van der Waals surface area contributed by atoms with Gasteiger partial charge in [0.1, 0.15) is 12.6 Å². The van der Waals surface area contributed by atoms with E-state index in [1.165, 1.54) is 29.2 Å². The summed E-state index contributed by atoms with van der Waals surface area (Å²) in [6, 6.07) is 16.4. The van der Waals surface area contributed by atoms with E-state index in [0.717, 1.165) is 4.31 Å². The van der Waals surface area contributed by atoms with E-state index in [0.29, 0.717) is 38.3 Å². The third-order valence-electron chi connectivity index (χ3n) is 6.59. The summed E-state index contributed by atoms with van der Waals surface area (Å²) < 4.78 is 28.8. The van der Waals surface area contributed by atoms with Crippen molar-refractivity contribution in [2.75, 3.05) is 10.8 Å². The van der Waals surface area contributed by atoms with Gasteiger partial charge in [0.05, 0.1) is 10.6 Å². The van der Waals surface area contributed by atoms with Crippen LogP contribution in [0.1, 0.15) is 38.3 Å². The van der Waals surface area contributed by atoms with E-state index in [4.69, 9.17) is 34.8 Å². The van der Waals surface area contributed by atoms with E-state index >= 15 is 0 Å². The van der Waals surface area contributed by atoms with Gasteiger partial charge >= 0.3 is 0 Å². The predicted molar refractivity (Wildman–Crippen MR) is 162 cm³/mol. The van der Waals surface area contributed by atoms with Crippen LogP contribution in [0, 0.1) is 6.92 Å². The average molecular weight is 625 g/mol. The van der Waals surface area contributed by atoms with Gasteiger partial charge in [-0.1, -0.05) is 66.0 Å². The van der Waals surface area contributed by atoms with Crippen LogP contribution in [0.5, 0.6) is 0 Å². The maximum atomic E-state index is 14.0. The van der Waals surface area contributed by atoms with Crippen LogP contribution in [0.2, 0.25) is 15.1 Å². The standard InChI is InChI=1S/C29H32Cl3N3O4S/c1-5-20(3)33-29(37)21(4)34(17-22-10-11-24(31)16-26(22)32)28(36)18-35(27-9-7-6-8-19(27)2)40(38,39)25-14-12-23(30)13-15-25/h6-16,20-21H,5,17-18H2,1-4H3,(H,33,37)/t20-,21+/m0/s1. The highest BCUT2D eigenvalue weighted by Gasteiger charge is 2.33. The maximum Gasteiger partial charge on any atom is 0.264 e. The molecular formula is C29H32Cl3N3O4S. The molecule has 0 aliphatic heterocycles. The molecule has 7 nitrogen and oxygen atoms in total. The number of nitrogens with zero attached hydrogens (tertiary/aromatic N) is 2. The third kappa shape index (κ3) is 7.69. The topological polar surface area (TPSA) is 86.8 Å². The second kappa shape index (κ2) is 13.7. The molecule has 0 unspecified atom stereocenters. The van der Waals surface area contributed by atoms with Crippen molar-refractivity contribution < 1.29 is 18.0 Å². The first-order valence-corrected chi connectivity index (χ1v) is 15.3. The second-order valence-electron chi connectivity index (χ2n) is 9.50. The average Bonchev–Trinajstić information content (AvgIpc) is 2.91. The Kier molecular flexibility index (Phi) is 10.9. The minimum Gasteiger partial charge on any atom is -0.352 e. The summed E-state index contributed by atoms with van der Waals surface area (Å²) in [4.78, 5) is 28.5. The van der Waals surface area contributed by atoms with Crippen molar-refractivity contribution in [1.82, 2.24) is 10.2 Å². The summed E-state index contributed by atoms with van der Waals surface area (Å²) in [6.07, 6.45) is 0.704. The van der Waals surface area contributed by atoms with Crippen LogP contribution in [-0.2, 0) is 26.2 Å². The van der Waals surface area contributed by atoms with Crippen LogP contribution < -0.4 is 9.62 Å². The normalized spacial score (nSPS) is 12.9. The Balaban J connectivity index is 2.06. The van der Waals surface area contributed by atoms with Crippen LogP contribution in [0.25, 0.3) is 0 Å². The monoisotopic (exact) mass is 623 g/mol. The quantitative estimate of drug-likeness (QED) is 0.265. The summed E-state index contributed by atoms with van der Waals surface area (Å²) in [5.41, 5.74) is 1.56. The first kappa shape index (κ1) is 31.7. The molecule has 3 rings (SSSR count). The summed E-state index contributed by atoms with van der Waals surface area (Å²) in [7, 11) is -4.19. The van der Waals surface area contributed by atoms with Crippen molar-refractivity contribution in [2.45, 2.75) is 57.6 Å². The SMILES string of the molecule is CC[C@H](C)NC(=O)[C@@H](C)N(Cc1ccc(Cl)cc1Cl)C(=O)CN(c1ccccc1C)S(=O)(=O)c1ccc(Cl)cc1. The molecule has 0 radical (unpaired) electrons. The molecule has 0 aromatic heterocycles. The number of anilines is 1. The summed E-state index contributed by atoms with van der Waals surface area (Å²) in [5.74, 6) is -0.950. The van der Waals surface area contributed by atoms with Crippen LogP contribution in [0.4, 0.5) is 5.69 Å². The summed E-state index contributed by atoms with van der Waals surface area (Å²) in [6.45, 7) is 6.58. The number of amides is 2. The van der Waals surface area contributed by atoms with Crippen LogP contribution in [-0.4, -0.2) is 43.8 Å². The second-order valence-corrected chi connectivity index (χ2v) is 12.6. The van der Waals surface area contributed by atoms with Gasteiger partial charge in [0.2, 0.25) is 11.8 Å². The molecule has 0 saturated heterocycles. The lowest BCUT2D eigenvalue weighted by Gasteiger charge is -2.33. The molecule has 0 spiro atoms. The lowest BCUT2D eigenvalue weighted by molar-refractivity contribution is -0.139. The van der Waals surface area contributed by atoms with E-state index in [1.54, 1.807) is 56.3 Å². The van der Waals surface area contributed by atoms with Crippen LogP contribution in [0.3, 0.4) is 0 Å². The molecule has 2 amide bonds. The Labute approximate surface area is 251 Å². The molecule has 11 heteroatoms. The molecule has 0 aliphatic carbocycles. The van der Waals surface area contributed by atoms with Crippen molar-refractivity contribution in [3.05, 3.63) is 92.9 Å². The summed E-state index contributed by atoms with van der Waals surface area (Å²) in [5, 5.41) is 4.03. The number of halogens is 3. The highest BCUT2D eigenvalue weighted by atomic mass is 35.5.